The van der Waals surface area contributed by atoms with Gasteiger partial charge in [-0.15, -0.1) is 5.10 Å². The lowest BCUT2D eigenvalue weighted by Crippen LogP contribution is -2.26. The Hall–Kier alpha value is -3.62. The molecular formula is C19H18FN7O. The number of rotatable bonds is 5. The van der Waals surface area contributed by atoms with E-state index in [1.807, 2.05) is 24.3 Å². The van der Waals surface area contributed by atoms with Gasteiger partial charge in [-0.3, -0.25) is 4.79 Å². The van der Waals surface area contributed by atoms with Gasteiger partial charge in [0.15, 0.2) is 0 Å². The van der Waals surface area contributed by atoms with Crippen LogP contribution in [0.1, 0.15) is 36.1 Å². The highest BCUT2D eigenvalue weighted by Crippen LogP contribution is 2.21. The zero-order valence-electron chi connectivity index (χ0n) is 15.4. The molecule has 9 heteroatoms. The average Bonchev–Trinajstić information content (AvgIpc) is 3.34. The Balaban J connectivity index is 1.59. The van der Waals surface area contributed by atoms with Gasteiger partial charge in [-0.1, -0.05) is 12.1 Å². The molecule has 0 aliphatic rings. The SMILES string of the molecule is CC(C)n1c(CNC(=O)c2cc(-n3cnnn3)ccc2F)nc2ccccc21. The maximum absolute atomic E-state index is 14.2. The number of tetrazole rings is 1. The number of carbonyl (C=O) groups is 1. The predicted octanol–water partition coefficient (Wildman–Crippen LogP) is 2.66. The molecule has 4 aromatic rings. The van der Waals surface area contributed by atoms with Crippen molar-refractivity contribution >= 4 is 16.9 Å². The van der Waals surface area contributed by atoms with Gasteiger partial charge in [-0.05, 0) is 54.6 Å². The van der Waals surface area contributed by atoms with Gasteiger partial charge in [-0.2, -0.15) is 0 Å². The normalized spacial score (nSPS) is 11.3. The largest absolute Gasteiger partial charge is 0.345 e. The monoisotopic (exact) mass is 379 g/mol. The molecule has 4 rings (SSSR count). The summed E-state index contributed by atoms with van der Waals surface area (Å²) in [5.41, 5.74) is 2.26. The Morgan fingerprint density at radius 3 is 2.79 bits per heavy atom. The van der Waals surface area contributed by atoms with Crippen molar-refractivity contribution in [3.8, 4) is 5.69 Å². The number of carbonyl (C=O) groups excluding carboxylic acids is 1. The predicted molar refractivity (Wildman–Crippen MR) is 100 cm³/mol. The summed E-state index contributed by atoms with van der Waals surface area (Å²) in [6.07, 6.45) is 1.37. The molecule has 2 aromatic heterocycles. The summed E-state index contributed by atoms with van der Waals surface area (Å²) in [5, 5.41) is 13.6. The Morgan fingerprint density at radius 2 is 2.04 bits per heavy atom. The minimum absolute atomic E-state index is 0.0831. The van der Waals surface area contributed by atoms with E-state index in [9.17, 15) is 9.18 Å². The molecule has 0 aliphatic carbocycles. The number of hydrogen-bond donors (Lipinski definition) is 1. The molecule has 0 bridgehead atoms. The molecule has 2 aromatic carbocycles. The van der Waals surface area contributed by atoms with Gasteiger partial charge in [0.05, 0.1) is 28.8 Å². The minimum Gasteiger partial charge on any atom is -0.345 e. The second kappa shape index (κ2) is 7.18. The molecule has 1 amide bonds. The maximum Gasteiger partial charge on any atom is 0.254 e. The van der Waals surface area contributed by atoms with Gasteiger partial charge in [0.1, 0.15) is 18.0 Å². The minimum atomic E-state index is -0.619. The van der Waals surface area contributed by atoms with Crippen LogP contribution in [0.3, 0.4) is 0 Å². The Morgan fingerprint density at radius 1 is 1.21 bits per heavy atom. The summed E-state index contributed by atoms with van der Waals surface area (Å²) in [6.45, 7) is 4.28. The van der Waals surface area contributed by atoms with E-state index in [2.05, 4.69) is 44.2 Å². The standard InChI is InChI=1S/C19H18FN7O/c1-12(2)27-17-6-4-3-5-16(17)23-18(27)10-21-19(28)14-9-13(7-8-15(14)20)26-11-22-24-25-26/h3-9,11-12H,10H2,1-2H3,(H,21,28). The van der Waals surface area contributed by atoms with E-state index in [1.54, 1.807) is 0 Å². The fourth-order valence-electron chi connectivity index (χ4n) is 3.16. The van der Waals surface area contributed by atoms with Crippen LogP contribution >= 0.6 is 0 Å². The van der Waals surface area contributed by atoms with Gasteiger partial charge < -0.3 is 9.88 Å². The molecule has 0 saturated carbocycles. The zero-order chi connectivity index (χ0) is 19.7. The van der Waals surface area contributed by atoms with E-state index in [4.69, 9.17) is 0 Å². The quantitative estimate of drug-likeness (QED) is 0.576. The number of benzene rings is 2. The smallest absolute Gasteiger partial charge is 0.254 e. The van der Waals surface area contributed by atoms with Gasteiger partial charge in [-0.25, -0.2) is 14.1 Å². The molecule has 1 N–H and O–H groups in total. The molecule has 0 aliphatic heterocycles. The summed E-state index contributed by atoms with van der Waals surface area (Å²) in [6, 6.07) is 12.1. The van der Waals surface area contributed by atoms with Crippen LogP contribution in [0.5, 0.6) is 0 Å². The van der Waals surface area contributed by atoms with Gasteiger partial charge >= 0.3 is 0 Å². The molecule has 142 valence electrons. The molecule has 0 radical (unpaired) electrons. The van der Waals surface area contributed by atoms with Gasteiger partial charge in [0, 0.05) is 6.04 Å². The Bertz CT molecular complexity index is 1130. The van der Waals surface area contributed by atoms with Crippen molar-refractivity contribution in [2.24, 2.45) is 0 Å². The van der Waals surface area contributed by atoms with Crippen LogP contribution in [0.15, 0.2) is 48.8 Å². The number of imidazole rings is 1. The van der Waals surface area contributed by atoms with Crippen LogP contribution in [0.4, 0.5) is 4.39 Å². The average molecular weight is 379 g/mol. The summed E-state index contributed by atoms with van der Waals surface area (Å²) >= 11 is 0. The number of nitrogens with zero attached hydrogens (tertiary/aromatic N) is 6. The molecule has 0 atom stereocenters. The van der Waals surface area contributed by atoms with Crippen LogP contribution in [-0.2, 0) is 6.54 Å². The van der Waals surface area contributed by atoms with E-state index in [0.717, 1.165) is 11.0 Å². The fourth-order valence-corrected chi connectivity index (χ4v) is 3.16. The first-order valence-corrected chi connectivity index (χ1v) is 8.81. The van der Waals surface area contributed by atoms with Gasteiger partial charge in [0.25, 0.3) is 5.91 Å². The van der Waals surface area contributed by atoms with E-state index in [0.29, 0.717) is 11.5 Å². The second-order valence-electron chi connectivity index (χ2n) is 6.58. The van der Waals surface area contributed by atoms with Gasteiger partial charge in [0.2, 0.25) is 0 Å². The molecule has 0 saturated heterocycles. The molecule has 0 spiro atoms. The van der Waals surface area contributed by atoms with Crippen molar-refractivity contribution in [3.63, 3.8) is 0 Å². The fraction of sp³-hybridized carbons (Fsp3) is 0.211. The summed E-state index contributed by atoms with van der Waals surface area (Å²) in [7, 11) is 0. The number of hydrogen-bond acceptors (Lipinski definition) is 5. The lowest BCUT2D eigenvalue weighted by Gasteiger charge is -2.14. The highest BCUT2D eigenvalue weighted by atomic mass is 19.1. The maximum atomic E-state index is 14.2. The molecule has 2 heterocycles. The van der Waals surface area contributed by atoms with Crippen molar-refractivity contribution in [3.05, 3.63) is 66.0 Å². The van der Waals surface area contributed by atoms with Crippen molar-refractivity contribution in [1.82, 2.24) is 35.1 Å². The highest BCUT2D eigenvalue weighted by molar-refractivity contribution is 5.95. The zero-order valence-corrected chi connectivity index (χ0v) is 15.4. The Labute approximate surface area is 160 Å². The number of para-hydroxylation sites is 2. The topological polar surface area (TPSA) is 90.5 Å². The van der Waals surface area contributed by atoms with Crippen molar-refractivity contribution in [2.45, 2.75) is 26.4 Å². The van der Waals surface area contributed by atoms with Crippen molar-refractivity contribution < 1.29 is 9.18 Å². The first-order valence-electron chi connectivity index (χ1n) is 8.81. The third-order valence-corrected chi connectivity index (χ3v) is 4.40. The van der Waals surface area contributed by atoms with E-state index >= 15 is 0 Å². The number of nitrogens with one attached hydrogen (secondary N) is 1. The first kappa shape index (κ1) is 17.8. The highest BCUT2D eigenvalue weighted by Gasteiger charge is 2.17. The summed E-state index contributed by atoms with van der Waals surface area (Å²) in [5.74, 6) is -0.442. The van der Waals surface area contributed by atoms with Crippen LogP contribution in [0.25, 0.3) is 16.7 Å². The third-order valence-electron chi connectivity index (χ3n) is 4.40. The summed E-state index contributed by atoms with van der Waals surface area (Å²) < 4.78 is 17.6. The summed E-state index contributed by atoms with van der Waals surface area (Å²) in [4.78, 5) is 17.2. The van der Waals surface area contributed by atoms with E-state index in [1.165, 1.54) is 29.2 Å². The van der Waals surface area contributed by atoms with Crippen molar-refractivity contribution in [1.29, 1.82) is 0 Å². The number of amides is 1. The first-order chi connectivity index (χ1) is 13.5. The number of fused-ring (bicyclic) bond motifs is 1. The van der Waals surface area contributed by atoms with Crippen LogP contribution in [0, 0.1) is 5.82 Å². The number of halogens is 1. The van der Waals surface area contributed by atoms with Crippen molar-refractivity contribution in [2.75, 3.05) is 0 Å². The molecule has 28 heavy (non-hydrogen) atoms. The lowest BCUT2D eigenvalue weighted by molar-refractivity contribution is 0.0945. The van der Waals surface area contributed by atoms with Crippen LogP contribution < -0.4 is 5.32 Å². The van der Waals surface area contributed by atoms with E-state index < -0.39 is 11.7 Å². The van der Waals surface area contributed by atoms with Crippen LogP contribution in [-0.4, -0.2) is 35.7 Å². The molecule has 0 fully saturated rings. The van der Waals surface area contributed by atoms with E-state index in [-0.39, 0.29) is 18.2 Å². The molecule has 0 unspecified atom stereocenters. The number of aromatic nitrogens is 6. The lowest BCUT2D eigenvalue weighted by atomic mass is 10.1. The third kappa shape index (κ3) is 3.22. The second-order valence-corrected chi connectivity index (χ2v) is 6.58. The van der Waals surface area contributed by atoms with Crippen LogP contribution in [0.2, 0.25) is 0 Å². The molecular weight excluding hydrogens is 361 g/mol. The Kier molecular flexibility index (Phi) is 4.56. The molecule has 8 nitrogen and oxygen atoms in total.